The zero-order valence-corrected chi connectivity index (χ0v) is 9.93. The van der Waals surface area contributed by atoms with E-state index < -0.39 is 0 Å². The maximum atomic E-state index is 12.0. The molecule has 0 aliphatic heterocycles. The average Bonchev–Trinajstić information content (AvgIpc) is 2.27. The molecule has 0 heterocycles. The van der Waals surface area contributed by atoms with Crippen molar-refractivity contribution in [3.05, 3.63) is 35.4 Å². The molecule has 0 bridgehead atoms. The molecule has 1 aromatic carbocycles. The van der Waals surface area contributed by atoms with Gasteiger partial charge in [0, 0.05) is 5.71 Å². The van der Waals surface area contributed by atoms with E-state index in [4.69, 9.17) is 5.41 Å². The molecule has 0 aromatic heterocycles. The van der Waals surface area contributed by atoms with Gasteiger partial charge in [-0.15, -0.1) is 0 Å². The predicted molar refractivity (Wildman–Crippen MR) is 67.1 cm³/mol. The van der Waals surface area contributed by atoms with Gasteiger partial charge in [0.05, 0.1) is 6.67 Å². The van der Waals surface area contributed by atoms with Crippen molar-refractivity contribution in [3.8, 4) is 0 Å². The van der Waals surface area contributed by atoms with Gasteiger partial charge >= 0.3 is 0 Å². The highest BCUT2D eigenvalue weighted by Crippen LogP contribution is 2.09. The Morgan fingerprint density at radius 2 is 1.56 bits per heavy atom. The summed E-state index contributed by atoms with van der Waals surface area (Å²) in [4.78, 5) is 0. The number of nitrogens with one attached hydrogen (secondary N) is 1. The normalized spacial score (nSPS) is 10.4. The second-order valence-electron chi connectivity index (χ2n) is 4.24. The van der Waals surface area contributed by atoms with Gasteiger partial charge in [-0.2, -0.15) is 0 Å². The molecule has 1 rings (SSSR count). The fourth-order valence-corrected chi connectivity index (χ4v) is 1.70. The fourth-order valence-electron chi connectivity index (χ4n) is 1.70. The van der Waals surface area contributed by atoms with Gasteiger partial charge < -0.3 is 5.41 Å². The third-order valence-electron chi connectivity index (χ3n) is 2.64. The van der Waals surface area contributed by atoms with Crippen molar-refractivity contribution in [2.75, 3.05) is 6.67 Å². The number of aryl methyl sites for hydroxylation is 2. The van der Waals surface area contributed by atoms with Crippen LogP contribution in [0.25, 0.3) is 0 Å². The van der Waals surface area contributed by atoms with Crippen LogP contribution >= 0.6 is 0 Å². The van der Waals surface area contributed by atoms with Gasteiger partial charge in [-0.25, -0.2) is 0 Å². The zero-order chi connectivity index (χ0) is 11.8. The molecule has 1 N–H and O–H groups in total. The van der Waals surface area contributed by atoms with Crippen molar-refractivity contribution >= 4 is 5.71 Å². The first-order chi connectivity index (χ1) is 7.72. The zero-order valence-electron chi connectivity index (χ0n) is 9.93. The monoisotopic (exact) mass is 221 g/mol. The molecule has 1 aromatic rings. The Hall–Kier alpha value is -1.18. The lowest BCUT2D eigenvalue weighted by molar-refractivity contribution is 0.473. The molecule has 0 spiro atoms. The van der Waals surface area contributed by atoms with Gasteiger partial charge in [-0.05, 0) is 50.2 Å². The van der Waals surface area contributed by atoms with E-state index in [2.05, 4.69) is 24.3 Å². The Balaban J connectivity index is 2.36. The minimum absolute atomic E-state index is 0.236. The van der Waals surface area contributed by atoms with Gasteiger partial charge in [0.2, 0.25) is 0 Å². The molecule has 1 nitrogen and oxygen atoms in total. The van der Waals surface area contributed by atoms with Crippen LogP contribution in [0.4, 0.5) is 4.39 Å². The molecular weight excluding hydrogens is 201 g/mol. The number of alkyl halides is 1. The van der Waals surface area contributed by atoms with Crippen molar-refractivity contribution in [2.45, 2.75) is 39.0 Å². The summed E-state index contributed by atoms with van der Waals surface area (Å²) in [7, 11) is 0. The summed E-state index contributed by atoms with van der Waals surface area (Å²) in [6.45, 7) is 1.61. The summed E-state index contributed by atoms with van der Waals surface area (Å²) in [6.07, 6.45) is 4.39. The van der Waals surface area contributed by atoms with Crippen LogP contribution in [0.2, 0.25) is 0 Å². The van der Waals surface area contributed by atoms with Crippen LogP contribution in [0.15, 0.2) is 24.3 Å². The maximum absolute atomic E-state index is 12.0. The Morgan fingerprint density at radius 3 is 2.00 bits per heavy atom. The van der Waals surface area contributed by atoms with E-state index in [0.717, 1.165) is 31.4 Å². The van der Waals surface area contributed by atoms with Crippen molar-refractivity contribution in [2.24, 2.45) is 0 Å². The van der Waals surface area contributed by atoms with E-state index in [-0.39, 0.29) is 6.67 Å². The molecule has 0 atom stereocenters. The Kier molecular flexibility index (Phi) is 5.76. The van der Waals surface area contributed by atoms with Crippen molar-refractivity contribution in [1.29, 1.82) is 5.41 Å². The molecule has 0 fully saturated rings. The largest absolute Gasteiger partial charge is 0.310 e. The summed E-state index contributed by atoms with van der Waals surface area (Å²) in [5.74, 6) is 0. The first-order valence-electron chi connectivity index (χ1n) is 5.90. The van der Waals surface area contributed by atoms with Crippen molar-refractivity contribution < 1.29 is 4.39 Å². The van der Waals surface area contributed by atoms with Crippen LogP contribution in [0, 0.1) is 5.41 Å². The van der Waals surface area contributed by atoms with Gasteiger partial charge in [0.25, 0.3) is 0 Å². The average molecular weight is 221 g/mol. The van der Waals surface area contributed by atoms with E-state index in [1.54, 1.807) is 0 Å². The van der Waals surface area contributed by atoms with E-state index in [0.29, 0.717) is 6.42 Å². The first kappa shape index (κ1) is 12.9. The third-order valence-corrected chi connectivity index (χ3v) is 2.64. The quantitative estimate of drug-likeness (QED) is 0.674. The summed E-state index contributed by atoms with van der Waals surface area (Å²) in [6, 6.07) is 8.41. The Labute approximate surface area is 97.2 Å². The second-order valence-corrected chi connectivity index (χ2v) is 4.24. The minimum atomic E-state index is -0.236. The SMILES string of the molecule is CC(=N)CCCc1ccc(CCCF)cc1. The summed E-state index contributed by atoms with van der Waals surface area (Å²) in [5.41, 5.74) is 3.27. The molecule has 0 amide bonds. The molecule has 0 aliphatic carbocycles. The predicted octanol–water partition coefficient (Wildman–Crippen LogP) is 3.95. The lowest BCUT2D eigenvalue weighted by Gasteiger charge is -2.03. The molecule has 0 saturated carbocycles. The number of hydrogen-bond donors (Lipinski definition) is 1. The molecule has 16 heavy (non-hydrogen) atoms. The highest BCUT2D eigenvalue weighted by Gasteiger charge is 1.96. The van der Waals surface area contributed by atoms with E-state index in [1.165, 1.54) is 11.1 Å². The maximum Gasteiger partial charge on any atom is 0.0897 e. The minimum Gasteiger partial charge on any atom is -0.310 e. The van der Waals surface area contributed by atoms with Gasteiger partial charge in [0.1, 0.15) is 0 Å². The fraction of sp³-hybridized carbons (Fsp3) is 0.500. The topological polar surface area (TPSA) is 23.9 Å². The molecule has 0 unspecified atom stereocenters. The lowest BCUT2D eigenvalue weighted by Crippen LogP contribution is -1.92. The highest BCUT2D eigenvalue weighted by molar-refractivity contribution is 5.78. The van der Waals surface area contributed by atoms with E-state index >= 15 is 0 Å². The van der Waals surface area contributed by atoms with E-state index in [1.807, 2.05) is 6.92 Å². The van der Waals surface area contributed by atoms with Gasteiger partial charge in [0.15, 0.2) is 0 Å². The number of rotatable bonds is 7. The first-order valence-corrected chi connectivity index (χ1v) is 5.90. The number of hydrogen-bond acceptors (Lipinski definition) is 1. The summed E-state index contributed by atoms with van der Waals surface area (Å²) >= 11 is 0. The molecular formula is C14H20FN. The summed E-state index contributed by atoms with van der Waals surface area (Å²) in [5, 5.41) is 7.33. The third kappa shape index (κ3) is 5.06. The van der Waals surface area contributed by atoms with Crippen LogP contribution in [-0.2, 0) is 12.8 Å². The molecule has 2 heteroatoms. The van der Waals surface area contributed by atoms with Crippen LogP contribution in [0.3, 0.4) is 0 Å². The Bertz CT molecular complexity index is 316. The molecule has 0 radical (unpaired) electrons. The Morgan fingerprint density at radius 1 is 1.06 bits per heavy atom. The van der Waals surface area contributed by atoms with Crippen molar-refractivity contribution in [3.63, 3.8) is 0 Å². The summed E-state index contributed by atoms with van der Waals surface area (Å²) < 4.78 is 12.0. The second kappa shape index (κ2) is 7.15. The molecule has 0 saturated heterocycles. The highest BCUT2D eigenvalue weighted by atomic mass is 19.1. The lowest BCUT2D eigenvalue weighted by atomic mass is 10.0. The van der Waals surface area contributed by atoms with Crippen LogP contribution in [0.1, 0.15) is 37.3 Å². The van der Waals surface area contributed by atoms with Gasteiger partial charge in [-0.1, -0.05) is 24.3 Å². The molecule has 88 valence electrons. The van der Waals surface area contributed by atoms with Crippen LogP contribution in [-0.4, -0.2) is 12.4 Å². The number of halogens is 1. The van der Waals surface area contributed by atoms with Gasteiger partial charge in [-0.3, -0.25) is 4.39 Å². The standard InChI is InChI=1S/C14H20FN/c1-12(16)4-2-5-13-7-9-14(10-8-13)6-3-11-15/h7-10,16H,2-6,11H2,1H3. The molecule has 0 aliphatic rings. The van der Waals surface area contributed by atoms with E-state index in [9.17, 15) is 4.39 Å². The van der Waals surface area contributed by atoms with Crippen LogP contribution in [0.5, 0.6) is 0 Å². The smallest absolute Gasteiger partial charge is 0.0897 e. The van der Waals surface area contributed by atoms with Crippen LogP contribution < -0.4 is 0 Å². The van der Waals surface area contributed by atoms with Crippen molar-refractivity contribution in [1.82, 2.24) is 0 Å². The number of benzene rings is 1.